The van der Waals surface area contributed by atoms with Gasteiger partial charge in [-0.2, -0.15) is 0 Å². The first-order valence-electron chi connectivity index (χ1n) is 10.4. The molecular formula is C25H22F3NO5. The van der Waals surface area contributed by atoms with Crippen LogP contribution in [0.3, 0.4) is 0 Å². The van der Waals surface area contributed by atoms with Crippen LogP contribution in [0.2, 0.25) is 0 Å². The molecule has 0 bridgehead atoms. The number of hydrogen-bond donors (Lipinski definition) is 1. The summed E-state index contributed by atoms with van der Waals surface area (Å²) >= 11 is 0. The Morgan fingerprint density at radius 1 is 1.00 bits per heavy atom. The van der Waals surface area contributed by atoms with Crippen molar-refractivity contribution in [3.63, 3.8) is 0 Å². The standard InChI is InChI=1S/C25H22F3NO5/c1-32-18-13-16-11-12-29(24(31)19-5-3-4-6-20(19)34-25(26,27)28)23(22(16)21(14-18)33-2)15-7-9-17(30)10-8-15/h3-10,13-14,23,30H,11-12H2,1-2H3. The molecule has 178 valence electrons. The second-order valence-electron chi connectivity index (χ2n) is 7.69. The number of alkyl halides is 3. The van der Waals surface area contributed by atoms with Crippen molar-refractivity contribution in [2.45, 2.75) is 18.8 Å². The van der Waals surface area contributed by atoms with Gasteiger partial charge < -0.3 is 24.2 Å². The molecule has 9 heteroatoms. The average molecular weight is 473 g/mol. The summed E-state index contributed by atoms with van der Waals surface area (Å²) in [5.41, 5.74) is 2.03. The molecule has 1 amide bonds. The molecule has 0 fully saturated rings. The first-order chi connectivity index (χ1) is 16.2. The van der Waals surface area contributed by atoms with Crippen molar-refractivity contribution in [2.75, 3.05) is 20.8 Å². The van der Waals surface area contributed by atoms with E-state index in [1.807, 2.05) is 6.07 Å². The molecule has 0 saturated heterocycles. The number of ether oxygens (including phenoxy) is 3. The lowest BCUT2D eigenvalue weighted by molar-refractivity contribution is -0.274. The number of phenolic OH excluding ortho intramolecular Hbond substituents is 1. The van der Waals surface area contributed by atoms with Crippen molar-refractivity contribution in [1.82, 2.24) is 4.90 Å². The normalized spacial score (nSPS) is 15.4. The predicted octanol–water partition coefficient (Wildman–Crippen LogP) is 5.10. The van der Waals surface area contributed by atoms with Gasteiger partial charge in [-0.1, -0.05) is 24.3 Å². The molecule has 1 unspecified atom stereocenters. The second-order valence-corrected chi connectivity index (χ2v) is 7.69. The summed E-state index contributed by atoms with van der Waals surface area (Å²) in [6, 6.07) is 14.4. The third kappa shape index (κ3) is 4.59. The number of benzene rings is 3. The molecule has 0 saturated carbocycles. The minimum atomic E-state index is -4.94. The molecule has 0 aromatic heterocycles. The predicted molar refractivity (Wildman–Crippen MR) is 117 cm³/mol. The molecule has 1 N–H and O–H groups in total. The minimum Gasteiger partial charge on any atom is -0.508 e. The maximum Gasteiger partial charge on any atom is 0.573 e. The number of rotatable bonds is 5. The van der Waals surface area contributed by atoms with Crippen molar-refractivity contribution in [1.29, 1.82) is 0 Å². The van der Waals surface area contributed by atoms with Crippen LogP contribution in [0.4, 0.5) is 13.2 Å². The highest BCUT2D eigenvalue weighted by Gasteiger charge is 2.38. The van der Waals surface area contributed by atoms with Gasteiger partial charge in [-0.05, 0) is 47.9 Å². The summed E-state index contributed by atoms with van der Waals surface area (Å²) < 4.78 is 54.0. The van der Waals surface area contributed by atoms with E-state index in [1.165, 1.54) is 49.5 Å². The fourth-order valence-corrected chi connectivity index (χ4v) is 4.22. The number of amides is 1. The van der Waals surface area contributed by atoms with Crippen LogP contribution in [-0.2, 0) is 6.42 Å². The van der Waals surface area contributed by atoms with E-state index in [0.717, 1.165) is 11.6 Å². The third-order valence-electron chi connectivity index (χ3n) is 5.68. The van der Waals surface area contributed by atoms with Gasteiger partial charge in [0, 0.05) is 18.2 Å². The first-order valence-corrected chi connectivity index (χ1v) is 10.4. The molecule has 1 heterocycles. The molecular weight excluding hydrogens is 451 g/mol. The Kier molecular flexibility index (Phi) is 6.28. The van der Waals surface area contributed by atoms with Crippen LogP contribution in [0.1, 0.15) is 33.1 Å². The minimum absolute atomic E-state index is 0.0447. The Labute approximate surface area is 194 Å². The monoisotopic (exact) mass is 473 g/mol. The number of carbonyl (C=O) groups is 1. The molecule has 0 radical (unpaired) electrons. The van der Waals surface area contributed by atoms with Gasteiger partial charge >= 0.3 is 6.36 Å². The first kappa shape index (κ1) is 23.3. The summed E-state index contributed by atoms with van der Waals surface area (Å²) in [4.78, 5) is 15.1. The highest BCUT2D eigenvalue weighted by Crippen LogP contribution is 2.44. The summed E-state index contributed by atoms with van der Waals surface area (Å²) in [5, 5.41) is 9.77. The number of phenols is 1. The molecule has 34 heavy (non-hydrogen) atoms. The van der Waals surface area contributed by atoms with Crippen molar-refractivity contribution in [3.8, 4) is 23.0 Å². The van der Waals surface area contributed by atoms with Crippen LogP contribution in [0.15, 0.2) is 60.7 Å². The van der Waals surface area contributed by atoms with Crippen LogP contribution in [0.25, 0.3) is 0 Å². The Balaban J connectivity index is 1.85. The number of nitrogens with zero attached hydrogens (tertiary/aromatic N) is 1. The zero-order chi connectivity index (χ0) is 24.5. The highest BCUT2D eigenvalue weighted by atomic mass is 19.4. The fraction of sp³-hybridized carbons (Fsp3) is 0.240. The Hall–Kier alpha value is -3.88. The number of carbonyl (C=O) groups excluding carboxylic acids is 1. The van der Waals surface area contributed by atoms with E-state index >= 15 is 0 Å². The van der Waals surface area contributed by atoms with Crippen molar-refractivity contribution in [2.24, 2.45) is 0 Å². The number of aromatic hydroxyl groups is 1. The summed E-state index contributed by atoms with van der Waals surface area (Å²) in [6.07, 6.45) is -4.51. The Bertz CT molecular complexity index is 1180. The number of fused-ring (bicyclic) bond motifs is 1. The maximum atomic E-state index is 13.7. The molecule has 6 nitrogen and oxygen atoms in total. The maximum absolute atomic E-state index is 13.7. The number of hydrogen-bond acceptors (Lipinski definition) is 5. The van der Waals surface area contributed by atoms with Gasteiger partial charge in [0.2, 0.25) is 0 Å². The van der Waals surface area contributed by atoms with Gasteiger partial charge in [-0.25, -0.2) is 0 Å². The van der Waals surface area contributed by atoms with Gasteiger partial charge in [0.1, 0.15) is 23.0 Å². The summed E-state index contributed by atoms with van der Waals surface area (Å²) in [7, 11) is 3.03. The lowest BCUT2D eigenvalue weighted by Crippen LogP contribution is -2.41. The second kappa shape index (κ2) is 9.17. The smallest absolute Gasteiger partial charge is 0.508 e. The molecule has 1 aliphatic heterocycles. The van der Waals surface area contributed by atoms with Gasteiger partial charge in [0.25, 0.3) is 5.91 Å². The van der Waals surface area contributed by atoms with Crippen molar-refractivity contribution in [3.05, 3.63) is 82.9 Å². The van der Waals surface area contributed by atoms with Gasteiger partial charge in [0.05, 0.1) is 25.8 Å². The van der Waals surface area contributed by atoms with E-state index in [-0.39, 0.29) is 17.9 Å². The van der Waals surface area contributed by atoms with Gasteiger partial charge in [-0.15, -0.1) is 13.2 Å². The topological polar surface area (TPSA) is 68.2 Å². The van der Waals surface area contributed by atoms with E-state index in [1.54, 1.807) is 18.2 Å². The third-order valence-corrected chi connectivity index (χ3v) is 5.68. The lowest BCUT2D eigenvalue weighted by atomic mass is 9.86. The van der Waals surface area contributed by atoms with Crippen molar-refractivity contribution < 1.29 is 37.3 Å². The van der Waals surface area contributed by atoms with E-state index in [4.69, 9.17) is 9.47 Å². The van der Waals surface area contributed by atoms with Crippen LogP contribution in [-0.4, -0.2) is 43.0 Å². The zero-order valence-electron chi connectivity index (χ0n) is 18.4. The largest absolute Gasteiger partial charge is 0.573 e. The number of methoxy groups -OCH3 is 2. The molecule has 1 atom stereocenters. The average Bonchev–Trinajstić information content (AvgIpc) is 2.82. The van der Waals surface area contributed by atoms with Crippen LogP contribution in [0, 0.1) is 0 Å². The van der Waals surface area contributed by atoms with E-state index in [9.17, 15) is 23.1 Å². The fourth-order valence-electron chi connectivity index (χ4n) is 4.22. The molecule has 1 aliphatic rings. The SMILES string of the molecule is COc1cc2c(c(OC)c1)C(c1ccc(O)cc1)N(C(=O)c1ccccc1OC(F)(F)F)CC2. The highest BCUT2D eigenvalue weighted by molar-refractivity contribution is 5.97. The Morgan fingerprint density at radius 3 is 2.35 bits per heavy atom. The molecule has 0 aliphatic carbocycles. The molecule has 0 spiro atoms. The van der Waals surface area contributed by atoms with Crippen LogP contribution >= 0.6 is 0 Å². The molecule has 4 rings (SSSR count). The summed E-state index contributed by atoms with van der Waals surface area (Å²) in [6.45, 7) is 0.230. The number of halogens is 3. The quantitative estimate of drug-likeness (QED) is 0.559. The van der Waals surface area contributed by atoms with Crippen LogP contribution in [0.5, 0.6) is 23.0 Å². The zero-order valence-corrected chi connectivity index (χ0v) is 18.4. The lowest BCUT2D eigenvalue weighted by Gasteiger charge is -2.39. The molecule has 3 aromatic carbocycles. The van der Waals surface area contributed by atoms with Crippen molar-refractivity contribution >= 4 is 5.91 Å². The van der Waals surface area contributed by atoms with E-state index < -0.39 is 24.1 Å². The molecule has 3 aromatic rings. The van der Waals surface area contributed by atoms with E-state index in [0.29, 0.717) is 29.0 Å². The van der Waals surface area contributed by atoms with Crippen LogP contribution < -0.4 is 14.2 Å². The van der Waals surface area contributed by atoms with Gasteiger partial charge in [-0.3, -0.25) is 4.79 Å². The summed E-state index contributed by atoms with van der Waals surface area (Å²) in [5.74, 6) is -0.0878. The Morgan fingerprint density at radius 2 is 1.71 bits per heavy atom. The van der Waals surface area contributed by atoms with Gasteiger partial charge in [0.15, 0.2) is 0 Å². The van der Waals surface area contributed by atoms with E-state index in [2.05, 4.69) is 4.74 Å². The number of para-hydroxylation sites is 1.